The van der Waals surface area contributed by atoms with Gasteiger partial charge < -0.3 is 11.1 Å². The first-order valence-corrected chi connectivity index (χ1v) is 6.79. The molecule has 18 heavy (non-hydrogen) atoms. The van der Waals surface area contributed by atoms with Crippen molar-refractivity contribution in [1.29, 1.82) is 0 Å². The molecule has 0 heterocycles. The lowest BCUT2D eigenvalue weighted by Crippen LogP contribution is -2.44. The summed E-state index contributed by atoms with van der Waals surface area (Å²) in [5, 5.41) is 3.08. The van der Waals surface area contributed by atoms with Crippen molar-refractivity contribution in [2.75, 3.05) is 0 Å². The average molecular weight is 246 g/mol. The highest BCUT2D eigenvalue weighted by Gasteiger charge is 2.28. The van der Waals surface area contributed by atoms with Crippen molar-refractivity contribution >= 4 is 5.91 Å². The second-order valence-corrected chi connectivity index (χ2v) is 5.20. The van der Waals surface area contributed by atoms with E-state index in [2.05, 4.69) is 5.32 Å². The van der Waals surface area contributed by atoms with E-state index >= 15 is 0 Å². The van der Waals surface area contributed by atoms with Crippen molar-refractivity contribution in [2.45, 2.75) is 44.7 Å². The van der Waals surface area contributed by atoms with Crippen LogP contribution in [0.25, 0.3) is 0 Å². The van der Waals surface area contributed by atoms with Gasteiger partial charge in [-0.2, -0.15) is 0 Å². The summed E-state index contributed by atoms with van der Waals surface area (Å²) in [6, 6.07) is 10.1. The number of carbonyl (C=O) groups excluding carboxylic acids is 1. The van der Waals surface area contributed by atoms with Crippen LogP contribution in [0.4, 0.5) is 0 Å². The summed E-state index contributed by atoms with van der Waals surface area (Å²) in [4.78, 5) is 12.2. The zero-order valence-electron chi connectivity index (χ0n) is 10.9. The normalized spacial score (nSPS) is 25.4. The van der Waals surface area contributed by atoms with Gasteiger partial charge in [0, 0.05) is 6.04 Å². The van der Waals surface area contributed by atoms with Crippen LogP contribution in [0.5, 0.6) is 0 Å². The number of carbonyl (C=O) groups is 1. The topological polar surface area (TPSA) is 55.1 Å². The van der Waals surface area contributed by atoms with Gasteiger partial charge >= 0.3 is 0 Å². The first-order valence-electron chi connectivity index (χ1n) is 6.79. The van der Waals surface area contributed by atoms with Gasteiger partial charge in [0.1, 0.15) is 0 Å². The number of hydrogen-bond donors (Lipinski definition) is 2. The average Bonchev–Trinajstić information content (AvgIpc) is 2.40. The molecule has 1 aliphatic carbocycles. The molecule has 1 aliphatic rings. The van der Waals surface area contributed by atoms with Crippen molar-refractivity contribution in [3.8, 4) is 0 Å². The van der Waals surface area contributed by atoms with Crippen LogP contribution in [-0.2, 0) is 4.79 Å². The Morgan fingerprint density at radius 2 is 1.94 bits per heavy atom. The number of rotatable bonds is 3. The molecular formula is C15H22N2O. The zero-order valence-corrected chi connectivity index (χ0v) is 10.9. The fourth-order valence-electron chi connectivity index (χ4n) is 2.63. The maximum atomic E-state index is 12.2. The Labute approximate surface area is 109 Å². The number of nitrogens with two attached hydrogens (primary N) is 1. The van der Waals surface area contributed by atoms with Crippen LogP contribution in [0.15, 0.2) is 30.3 Å². The molecule has 0 spiro atoms. The van der Waals surface area contributed by atoms with E-state index in [0.29, 0.717) is 0 Å². The molecule has 0 saturated heterocycles. The van der Waals surface area contributed by atoms with Gasteiger partial charge in [0.25, 0.3) is 0 Å². The van der Waals surface area contributed by atoms with Crippen molar-refractivity contribution in [2.24, 2.45) is 11.7 Å². The first-order chi connectivity index (χ1) is 8.68. The van der Waals surface area contributed by atoms with Crippen molar-refractivity contribution in [3.05, 3.63) is 35.9 Å². The predicted octanol–water partition coefficient (Wildman–Crippen LogP) is 2.38. The number of benzene rings is 1. The zero-order chi connectivity index (χ0) is 13.0. The SMILES string of the molecule is C[C@@H](NC(=O)[C@@H]1CCCC[C@@H]1N)c1ccccc1. The molecule has 0 bridgehead atoms. The van der Waals surface area contributed by atoms with Gasteiger partial charge in [0.05, 0.1) is 12.0 Å². The molecule has 3 nitrogen and oxygen atoms in total. The van der Waals surface area contributed by atoms with E-state index in [9.17, 15) is 4.79 Å². The molecule has 1 amide bonds. The highest BCUT2D eigenvalue weighted by molar-refractivity contribution is 5.79. The standard InChI is InChI=1S/C15H22N2O/c1-11(12-7-3-2-4-8-12)17-15(18)13-9-5-6-10-14(13)16/h2-4,7-8,11,13-14H,5-6,9-10,16H2,1H3,(H,17,18)/t11-,13-,14+/m1/s1. The van der Waals surface area contributed by atoms with Gasteiger partial charge in [0.15, 0.2) is 0 Å². The molecule has 98 valence electrons. The van der Waals surface area contributed by atoms with Crippen molar-refractivity contribution in [3.63, 3.8) is 0 Å². The summed E-state index contributed by atoms with van der Waals surface area (Å²) in [5.41, 5.74) is 7.17. The molecule has 1 aromatic rings. The van der Waals surface area contributed by atoms with Gasteiger partial charge in [-0.3, -0.25) is 4.79 Å². The van der Waals surface area contributed by atoms with E-state index in [1.54, 1.807) is 0 Å². The Morgan fingerprint density at radius 3 is 2.61 bits per heavy atom. The lowest BCUT2D eigenvalue weighted by molar-refractivity contribution is -0.127. The smallest absolute Gasteiger partial charge is 0.225 e. The molecule has 2 rings (SSSR count). The van der Waals surface area contributed by atoms with E-state index < -0.39 is 0 Å². The summed E-state index contributed by atoms with van der Waals surface area (Å²) >= 11 is 0. The molecule has 1 saturated carbocycles. The fraction of sp³-hybridized carbons (Fsp3) is 0.533. The Bertz CT molecular complexity index is 391. The predicted molar refractivity (Wildman–Crippen MR) is 72.9 cm³/mol. The third-order valence-electron chi connectivity index (χ3n) is 3.81. The van der Waals surface area contributed by atoms with Crippen LogP contribution >= 0.6 is 0 Å². The Balaban J connectivity index is 1.94. The Kier molecular flexibility index (Phi) is 4.37. The minimum atomic E-state index is -0.00934. The molecule has 0 radical (unpaired) electrons. The third kappa shape index (κ3) is 3.10. The van der Waals surface area contributed by atoms with Crippen LogP contribution in [0.3, 0.4) is 0 Å². The molecule has 3 atom stereocenters. The lowest BCUT2D eigenvalue weighted by atomic mass is 9.84. The monoisotopic (exact) mass is 246 g/mol. The molecule has 3 heteroatoms. The van der Waals surface area contributed by atoms with Crippen molar-refractivity contribution < 1.29 is 4.79 Å². The van der Waals surface area contributed by atoms with E-state index in [1.807, 2.05) is 37.3 Å². The lowest BCUT2D eigenvalue weighted by Gasteiger charge is -2.28. The van der Waals surface area contributed by atoms with Gasteiger partial charge in [0.2, 0.25) is 5.91 Å². The van der Waals surface area contributed by atoms with E-state index in [0.717, 1.165) is 31.2 Å². The molecule has 0 aliphatic heterocycles. The largest absolute Gasteiger partial charge is 0.349 e. The van der Waals surface area contributed by atoms with Crippen LogP contribution in [0.2, 0.25) is 0 Å². The van der Waals surface area contributed by atoms with Crippen molar-refractivity contribution in [1.82, 2.24) is 5.32 Å². The van der Waals surface area contributed by atoms with Crippen LogP contribution in [0.1, 0.15) is 44.2 Å². The van der Waals surface area contributed by atoms with E-state index in [1.165, 1.54) is 0 Å². The molecule has 1 fully saturated rings. The molecule has 1 aromatic carbocycles. The Hall–Kier alpha value is -1.35. The van der Waals surface area contributed by atoms with E-state index in [-0.39, 0.29) is 23.9 Å². The minimum Gasteiger partial charge on any atom is -0.349 e. The Morgan fingerprint density at radius 1 is 1.28 bits per heavy atom. The minimum absolute atomic E-state index is 0.00934. The summed E-state index contributed by atoms with van der Waals surface area (Å²) in [6.45, 7) is 2.02. The molecular weight excluding hydrogens is 224 g/mol. The second kappa shape index (κ2) is 6.01. The summed E-state index contributed by atoms with van der Waals surface area (Å²) in [6.07, 6.45) is 4.16. The number of nitrogens with one attached hydrogen (secondary N) is 1. The summed E-state index contributed by atoms with van der Waals surface area (Å²) < 4.78 is 0. The van der Waals surface area contributed by atoms with Gasteiger partial charge in [-0.1, -0.05) is 43.2 Å². The second-order valence-electron chi connectivity index (χ2n) is 5.20. The maximum Gasteiger partial charge on any atom is 0.225 e. The van der Waals surface area contributed by atoms with Gasteiger partial charge in [-0.15, -0.1) is 0 Å². The first kappa shape index (κ1) is 13.1. The third-order valence-corrected chi connectivity index (χ3v) is 3.81. The van der Waals surface area contributed by atoms with Crippen LogP contribution < -0.4 is 11.1 Å². The van der Waals surface area contributed by atoms with Crippen LogP contribution in [0, 0.1) is 5.92 Å². The fourth-order valence-corrected chi connectivity index (χ4v) is 2.63. The highest BCUT2D eigenvalue weighted by atomic mass is 16.2. The molecule has 0 aromatic heterocycles. The van der Waals surface area contributed by atoms with Crippen LogP contribution in [-0.4, -0.2) is 11.9 Å². The van der Waals surface area contributed by atoms with Gasteiger partial charge in [-0.05, 0) is 25.3 Å². The molecule has 0 unspecified atom stereocenters. The van der Waals surface area contributed by atoms with E-state index in [4.69, 9.17) is 5.73 Å². The van der Waals surface area contributed by atoms with Gasteiger partial charge in [-0.25, -0.2) is 0 Å². The molecule has 3 N–H and O–H groups in total. The number of amides is 1. The maximum absolute atomic E-state index is 12.2. The quantitative estimate of drug-likeness (QED) is 0.860. The highest BCUT2D eigenvalue weighted by Crippen LogP contribution is 2.24. The summed E-state index contributed by atoms with van der Waals surface area (Å²) in [7, 11) is 0. The summed E-state index contributed by atoms with van der Waals surface area (Å²) in [5.74, 6) is 0.100. The number of hydrogen-bond acceptors (Lipinski definition) is 2.